The molecule has 8 aromatic rings. The van der Waals surface area contributed by atoms with Gasteiger partial charge >= 0.3 is 0 Å². The molecule has 0 aliphatic heterocycles. The van der Waals surface area contributed by atoms with Crippen molar-refractivity contribution in [2.45, 2.75) is 5.41 Å². The van der Waals surface area contributed by atoms with Crippen LogP contribution in [0.5, 0.6) is 0 Å². The van der Waals surface area contributed by atoms with Crippen molar-refractivity contribution in [3.63, 3.8) is 0 Å². The Morgan fingerprint density at radius 2 is 1.04 bits per heavy atom. The summed E-state index contributed by atoms with van der Waals surface area (Å²) in [5.74, 6) is 0. The smallest absolute Gasteiger partial charge is 0.0720 e. The van der Waals surface area contributed by atoms with E-state index in [9.17, 15) is 0 Å². The Balaban J connectivity index is 1.44. The fourth-order valence-corrected chi connectivity index (χ4v) is 7.98. The second-order valence-corrected chi connectivity index (χ2v) is 12.3. The van der Waals surface area contributed by atoms with Gasteiger partial charge in [0.05, 0.1) is 16.4 Å². The number of fused-ring (bicyclic) bond motifs is 6. The summed E-state index contributed by atoms with van der Waals surface area (Å²) in [4.78, 5) is 0. The normalized spacial score (nSPS) is 13.2. The predicted molar refractivity (Wildman–Crippen MR) is 189 cm³/mol. The van der Waals surface area contributed by atoms with Crippen molar-refractivity contribution in [2.75, 3.05) is 0 Å². The van der Waals surface area contributed by atoms with Gasteiger partial charge in [-0.05, 0) is 74.8 Å². The molecule has 0 fully saturated rings. The minimum atomic E-state index is -0.557. The average molecular weight is 594 g/mol. The second-order valence-electron chi connectivity index (χ2n) is 11.8. The minimum Gasteiger partial charge on any atom is -0.309 e. The third-order valence-corrected chi connectivity index (χ3v) is 9.73. The van der Waals surface area contributed by atoms with E-state index >= 15 is 0 Å². The average Bonchev–Trinajstić information content (AvgIpc) is 3.60. The van der Waals surface area contributed by atoms with Crippen LogP contribution in [0.25, 0.3) is 49.7 Å². The lowest BCUT2D eigenvalue weighted by atomic mass is 9.66. The third kappa shape index (κ3) is 3.75. The zero-order valence-electron chi connectivity index (χ0n) is 24.5. The maximum absolute atomic E-state index is 7.21. The summed E-state index contributed by atoms with van der Waals surface area (Å²) < 4.78 is 2.39. The van der Waals surface area contributed by atoms with E-state index in [1.165, 1.54) is 55.3 Å². The van der Waals surface area contributed by atoms with E-state index in [2.05, 4.69) is 174 Å². The van der Waals surface area contributed by atoms with E-state index in [-0.39, 0.29) is 0 Å². The maximum Gasteiger partial charge on any atom is 0.0720 e. The van der Waals surface area contributed by atoms with Gasteiger partial charge in [-0.25, -0.2) is 0 Å². The van der Waals surface area contributed by atoms with E-state index in [1.807, 2.05) is 0 Å². The van der Waals surface area contributed by atoms with Crippen molar-refractivity contribution in [1.29, 1.82) is 0 Å². The molecule has 1 aliphatic carbocycles. The van der Waals surface area contributed by atoms with Crippen LogP contribution in [0.4, 0.5) is 0 Å². The molecule has 7 aromatic carbocycles. The first-order chi connectivity index (χ1) is 22.2. The van der Waals surface area contributed by atoms with Gasteiger partial charge in [-0.15, -0.1) is 0 Å². The molecule has 0 spiro atoms. The molecule has 1 aliphatic rings. The molecule has 0 atom stereocenters. The fourth-order valence-electron chi connectivity index (χ4n) is 7.77. The molecule has 0 unspecified atom stereocenters. The molecule has 1 aromatic heterocycles. The highest BCUT2D eigenvalue weighted by Gasteiger charge is 2.47. The van der Waals surface area contributed by atoms with Gasteiger partial charge < -0.3 is 4.57 Å². The number of para-hydroxylation sites is 1. The molecule has 0 radical (unpaired) electrons. The van der Waals surface area contributed by atoms with E-state index in [4.69, 9.17) is 11.6 Å². The third-order valence-electron chi connectivity index (χ3n) is 9.51. The van der Waals surface area contributed by atoms with E-state index in [0.29, 0.717) is 0 Å². The Hall–Kier alpha value is -5.37. The van der Waals surface area contributed by atoms with Gasteiger partial charge in [-0.2, -0.15) is 0 Å². The van der Waals surface area contributed by atoms with Crippen LogP contribution in [0.15, 0.2) is 170 Å². The topological polar surface area (TPSA) is 4.93 Å². The summed E-state index contributed by atoms with van der Waals surface area (Å²) in [6.07, 6.45) is 0. The first-order valence-corrected chi connectivity index (χ1v) is 15.8. The molecule has 1 heterocycles. The zero-order chi connectivity index (χ0) is 30.0. The number of hydrogen-bond acceptors (Lipinski definition) is 0. The number of rotatable bonds is 4. The number of benzene rings is 7. The van der Waals surface area contributed by atoms with Crippen LogP contribution in [0.3, 0.4) is 0 Å². The first-order valence-electron chi connectivity index (χ1n) is 15.4. The molecule has 0 bridgehead atoms. The number of aromatic nitrogens is 1. The zero-order valence-corrected chi connectivity index (χ0v) is 25.2. The molecular formula is C43H28ClN. The van der Waals surface area contributed by atoms with Gasteiger partial charge in [-0.1, -0.05) is 151 Å². The van der Waals surface area contributed by atoms with Crippen molar-refractivity contribution in [2.24, 2.45) is 0 Å². The minimum absolute atomic E-state index is 0.557. The van der Waals surface area contributed by atoms with Crippen LogP contribution in [0.1, 0.15) is 22.3 Å². The molecule has 9 rings (SSSR count). The van der Waals surface area contributed by atoms with Gasteiger partial charge in [-0.3, -0.25) is 0 Å². The molecule has 2 heteroatoms. The van der Waals surface area contributed by atoms with E-state index < -0.39 is 5.41 Å². The summed E-state index contributed by atoms with van der Waals surface area (Å²) >= 11 is 7.21. The first kappa shape index (κ1) is 26.1. The van der Waals surface area contributed by atoms with Crippen molar-refractivity contribution in [3.05, 3.63) is 197 Å². The van der Waals surface area contributed by atoms with Crippen LogP contribution in [-0.4, -0.2) is 4.57 Å². The van der Waals surface area contributed by atoms with Crippen molar-refractivity contribution < 1.29 is 0 Å². The highest BCUT2D eigenvalue weighted by atomic mass is 35.5. The van der Waals surface area contributed by atoms with Crippen LogP contribution in [0, 0.1) is 0 Å². The van der Waals surface area contributed by atoms with Crippen LogP contribution < -0.4 is 0 Å². The lowest BCUT2D eigenvalue weighted by molar-refractivity contribution is 0.777. The quantitative estimate of drug-likeness (QED) is 0.191. The Morgan fingerprint density at radius 3 is 1.78 bits per heavy atom. The van der Waals surface area contributed by atoms with Gasteiger partial charge in [0.2, 0.25) is 0 Å². The van der Waals surface area contributed by atoms with Crippen LogP contribution >= 0.6 is 11.6 Å². The maximum atomic E-state index is 7.21. The Labute approximate surface area is 267 Å². The lowest BCUT2D eigenvalue weighted by Crippen LogP contribution is -2.29. The largest absolute Gasteiger partial charge is 0.309 e. The van der Waals surface area contributed by atoms with E-state index in [0.717, 1.165) is 21.7 Å². The summed E-state index contributed by atoms with van der Waals surface area (Å²) in [5, 5.41) is 3.15. The SMILES string of the molecule is Clc1cc(C2(c3ccccc3)c3ccccc3-c3ccccc32)c2c3ccccc3n(-c3cccc(-c4ccccc4)c3)c2c1. The van der Waals surface area contributed by atoms with Crippen LogP contribution in [-0.2, 0) is 5.41 Å². The second kappa shape index (κ2) is 10.1. The lowest BCUT2D eigenvalue weighted by Gasteiger charge is -2.34. The Morgan fingerprint density at radius 1 is 0.444 bits per heavy atom. The summed E-state index contributed by atoms with van der Waals surface area (Å²) in [6.45, 7) is 0. The highest BCUT2D eigenvalue weighted by molar-refractivity contribution is 6.32. The number of hydrogen-bond donors (Lipinski definition) is 0. The fraction of sp³-hybridized carbons (Fsp3) is 0.0233. The molecule has 0 saturated heterocycles. The molecule has 212 valence electrons. The summed E-state index contributed by atoms with van der Waals surface area (Å²) in [7, 11) is 0. The molecule has 1 nitrogen and oxygen atoms in total. The molecule has 0 saturated carbocycles. The van der Waals surface area contributed by atoms with Crippen molar-refractivity contribution in [1.82, 2.24) is 4.57 Å². The van der Waals surface area contributed by atoms with Gasteiger partial charge in [0, 0.05) is 21.5 Å². The number of halogens is 1. The molecule has 0 amide bonds. The number of nitrogens with zero attached hydrogens (tertiary/aromatic N) is 1. The monoisotopic (exact) mass is 593 g/mol. The Bertz CT molecular complexity index is 2340. The van der Waals surface area contributed by atoms with Gasteiger partial charge in [0.1, 0.15) is 0 Å². The standard InChI is InChI=1S/C43H28ClN/c44-32-27-39(43(31-17-5-2-6-18-31)37-23-10-7-20-34(37)35-21-8-11-24-38(35)43)42-36-22-9-12-25-40(36)45(41(42)28-32)33-19-13-16-30(26-33)29-14-3-1-4-15-29/h1-28H. The predicted octanol–water partition coefficient (Wildman–Crippen LogP) is 11.5. The van der Waals surface area contributed by atoms with Crippen molar-refractivity contribution >= 4 is 33.4 Å². The van der Waals surface area contributed by atoms with Crippen molar-refractivity contribution in [3.8, 4) is 27.9 Å². The molecule has 0 N–H and O–H groups in total. The van der Waals surface area contributed by atoms with Gasteiger partial charge in [0.25, 0.3) is 0 Å². The van der Waals surface area contributed by atoms with Gasteiger partial charge in [0.15, 0.2) is 0 Å². The highest BCUT2D eigenvalue weighted by Crippen LogP contribution is 2.58. The molecular weight excluding hydrogens is 566 g/mol. The summed E-state index contributed by atoms with van der Waals surface area (Å²) in [5.41, 5.74) is 12.7. The summed E-state index contributed by atoms with van der Waals surface area (Å²) in [6, 6.07) is 61.2. The Kier molecular flexibility index (Phi) is 5.84. The van der Waals surface area contributed by atoms with E-state index in [1.54, 1.807) is 0 Å². The molecule has 45 heavy (non-hydrogen) atoms. The van der Waals surface area contributed by atoms with Crippen LogP contribution in [0.2, 0.25) is 5.02 Å².